The van der Waals surface area contributed by atoms with Gasteiger partial charge in [0.1, 0.15) is 17.9 Å². The number of hydrogen-bond acceptors (Lipinski definition) is 8. The first kappa shape index (κ1) is 37.9. The Morgan fingerprint density at radius 3 is 2.02 bits per heavy atom. The number of imidazole rings is 2. The molecule has 6 rings (SSSR count). The van der Waals surface area contributed by atoms with Crippen LogP contribution in [-0.4, -0.2) is 93.1 Å². The van der Waals surface area contributed by atoms with Gasteiger partial charge in [0.25, 0.3) is 0 Å². The van der Waals surface area contributed by atoms with Crippen molar-refractivity contribution in [2.24, 2.45) is 11.8 Å². The van der Waals surface area contributed by atoms with Crippen molar-refractivity contribution in [3.8, 4) is 23.1 Å². The number of aromatic amines is 2. The zero-order valence-electron chi connectivity index (χ0n) is 31.6. The number of ether oxygens (including phenoxy) is 2. The molecular formula is C40H48N8O6. The Hall–Kier alpha value is -5.84. The molecule has 14 heteroatoms. The minimum atomic E-state index is -0.712. The van der Waals surface area contributed by atoms with Crippen LogP contribution in [0.1, 0.15) is 88.1 Å². The topological polar surface area (TPSA) is 175 Å². The van der Waals surface area contributed by atoms with E-state index in [9.17, 15) is 19.2 Å². The maximum atomic E-state index is 13.7. The summed E-state index contributed by atoms with van der Waals surface area (Å²) < 4.78 is 9.53. The zero-order chi connectivity index (χ0) is 38.5. The Balaban J connectivity index is 1.19. The van der Waals surface area contributed by atoms with E-state index in [-0.39, 0.29) is 35.7 Å². The van der Waals surface area contributed by atoms with E-state index in [1.807, 2.05) is 75.1 Å². The third-order valence-electron chi connectivity index (χ3n) is 10.2. The van der Waals surface area contributed by atoms with E-state index in [2.05, 4.69) is 37.4 Å². The highest BCUT2D eigenvalue weighted by molar-refractivity contribution is 5.87. The number of benzene rings is 2. The fourth-order valence-electron chi connectivity index (χ4n) is 7.34. The number of hydrogen-bond donors (Lipinski definition) is 4. The third-order valence-corrected chi connectivity index (χ3v) is 10.2. The van der Waals surface area contributed by atoms with Gasteiger partial charge in [-0.2, -0.15) is 0 Å². The summed E-state index contributed by atoms with van der Waals surface area (Å²) in [4.78, 5) is 71.1. The smallest absolute Gasteiger partial charge is 0.407 e. The predicted molar refractivity (Wildman–Crippen MR) is 202 cm³/mol. The highest BCUT2D eigenvalue weighted by Gasteiger charge is 2.39. The lowest BCUT2D eigenvalue weighted by Crippen LogP contribution is -2.51. The van der Waals surface area contributed by atoms with Gasteiger partial charge < -0.3 is 39.9 Å². The van der Waals surface area contributed by atoms with Crippen LogP contribution in [0.15, 0.2) is 48.8 Å². The zero-order valence-corrected chi connectivity index (χ0v) is 31.6. The van der Waals surface area contributed by atoms with Crippen LogP contribution in [0.3, 0.4) is 0 Å². The predicted octanol–water partition coefficient (Wildman–Crippen LogP) is 5.44. The standard InChI is InChI=1S/C40H48N8O6/c1-23(2)32(45-39(51)53-5)37(49)47-18-8-12-30(47)35-34(41-22-42-35)27-11-7-10-25(20-27)14-15-26-16-17-28-29(21-26)44-36(43-28)31-13-9-19-48(31)38(50)33(24(3)4)46-40(52)54-6/h7,10-11,16-17,20-24,30-33H,8-9,12-13,18-19H2,1-6H3,(H,41,42)(H,43,44)(H,45,51)(H,46,52)/t30-,31-,32-,33+/m0/s1. The quantitative estimate of drug-likeness (QED) is 0.164. The SMILES string of the molecule is COC(=O)N[C@H](C(=O)N1CCC[C@H]1c1[nH]cnc1-c1cccc(C#Cc2ccc3nc([C@@H]4CCCN4C(=O)[C@H](NC(=O)OC)C(C)C)[nH]c3c2)c1)C(C)C. The van der Waals surface area contributed by atoms with Gasteiger partial charge in [0, 0.05) is 29.8 Å². The van der Waals surface area contributed by atoms with Gasteiger partial charge >= 0.3 is 12.2 Å². The van der Waals surface area contributed by atoms with Gasteiger partial charge in [0.05, 0.1) is 55.1 Å². The Bertz CT molecular complexity index is 2080. The van der Waals surface area contributed by atoms with E-state index in [1.165, 1.54) is 14.2 Å². The number of likely N-dealkylation sites (tertiary alicyclic amines) is 2. The Kier molecular flexibility index (Phi) is 11.5. The van der Waals surface area contributed by atoms with Crippen molar-refractivity contribution in [1.82, 2.24) is 40.4 Å². The number of nitrogens with one attached hydrogen (secondary N) is 4. The fourth-order valence-corrected chi connectivity index (χ4v) is 7.34. The first-order chi connectivity index (χ1) is 26.0. The highest BCUT2D eigenvalue weighted by atomic mass is 16.5. The summed E-state index contributed by atoms with van der Waals surface area (Å²) in [6, 6.07) is 11.8. The first-order valence-electron chi connectivity index (χ1n) is 18.4. The van der Waals surface area contributed by atoms with Crippen molar-refractivity contribution >= 4 is 35.0 Å². The summed E-state index contributed by atoms with van der Waals surface area (Å²) in [6.45, 7) is 8.73. The summed E-state index contributed by atoms with van der Waals surface area (Å²) in [5.41, 5.74) is 5.65. The van der Waals surface area contributed by atoms with Crippen molar-refractivity contribution < 1.29 is 28.7 Å². The number of nitrogens with zero attached hydrogens (tertiary/aromatic N) is 4. The summed E-state index contributed by atoms with van der Waals surface area (Å²) >= 11 is 0. The maximum absolute atomic E-state index is 13.7. The van der Waals surface area contributed by atoms with Crippen LogP contribution in [0.25, 0.3) is 22.3 Å². The number of aromatic nitrogens is 4. The molecule has 284 valence electrons. The minimum Gasteiger partial charge on any atom is -0.453 e. The van der Waals surface area contributed by atoms with Crippen molar-refractivity contribution in [3.63, 3.8) is 0 Å². The van der Waals surface area contributed by atoms with Gasteiger partial charge in [0.2, 0.25) is 11.8 Å². The monoisotopic (exact) mass is 736 g/mol. The second kappa shape index (κ2) is 16.4. The molecule has 0 unspecified atom stereocenters. The van der Waals surface area contributed by atoms with Gasteiger partial charge in [-0.1, -0.05) is 51.7 Å². The number of carbonyl (C=O) groups excluding carboxylic acids is 4. The van der Waals surface area contributed by atoms with Crippen LogP contribution < -0.4 is 10.6 Å². The van der Waals surface area contributed by atoms with Gasteiger partial charge in [-0.05, 0) is 67.9 Å². The summed E-state index contributed by atoms with van der Waals surface area (Å²) in [5.74, 6) is 6.71. The molecule has 0 spiro atoms. The molecule has 2 aromatic heterocycles. The molecule has 4 amide bonds. The van der Waals surface area contributed by atoms with Crippen molar-refractivity contribution in [2.45, 2.75) is 77.5 Å². The van der Waals surface area contributed by atoms with Crippen molar-refractivity contribution in [1.29, 1.82) is 0 Å². The van der Waals surface area contributed by atoms with Crippen LogP contribution >= 0.6 is 0 Å². The number of rotatable bonds is 9. The fraction of sp³-hybridized carbons (Fsp3) is 0.450. The molecule has 2 fully saturated rings. The molecular weight excluding hydrogens is 688 g/mol. The lowest BCUT2D eigenvalue weighted by atomic mass is 10.00. The molecule has 2 saturated heterocycles. The number of fused-ring (bicyclic) bond motifs is 1. The molecule has 0 radical (unpaired) electrons. The normalized spacial score (nSPS) is 18.0. The van der Waals surface area contributed by atoms with E-state index in [0.717, 1.165) is 64.8 Å². The Labute approximate surface area is 314 Å². The number of carbonyl (C=O) groups is 4. The molecule has 14 nitrogen and oxygen atoms in total. The van der Waals surface area contributed by atoms with E-state index < -0.39 is 24.3 Å². The lowest BCUT2D eigenvalue weighted by molar-refractivity contribution is -0.136. The molecule has 0 saturated carbocycles. The third kappa shape index (κ3) is 8.05. The average molecular weight is 737 g/mol. The molecule has 0 bridgehead atoms. The largest absolute Gasteiger partial charge is 0.453 e. The number of alkyl carbamates (subject to hydrolysis) is 2. The Morgan fingerprint density at radius 2 is 1.41 bits per heavy atom. The van der Waals surface area contributed by atoms with Crippen molar-refractivity contribution in [3.05, 3.63) is 71.4 Å². The van der Waals surface area contributed by atoms with Crippen LogP contribution in [0, 0.1) is 23.7 Å². The average Bonchev–Trinajstić information content (AvgIpc) is 4.00. The molecule has 4 N–H and O–H groups in total. The van der Waals surface area contributed by atoms with Crippen LogP contribution in [-0.2, 0) is 19.1 Å². The molecule has 4 heterocycles. The van der Waals surface area contributed by atoms with E-state index >= 15 is 0 Å². The first-order valence-corrected chi connectivity index (χ1v) is 18.4. The number of H-pyrrole nitrogens is 2. The van der Waals surface area contributed by atoms with Gasteiger partial charge in [-0.15, -0.1) is 0 Å². The second-order valence-electron chi connectivity index (χ2n) is 14.4. The van der Waals surface area contributed by atoms with Crippen LogP contribution in [0.5, 0.6) is 0 Å². The Morgan fingerprint density at radius 1 is 0.815 bits per heavy atom. The van der Waals surface area contributed by atoms with Gasteiger partial charge in [-0.25, -0.2) is 19.6 Å². The summed E-state index contributed by atoms with van der Waals surface area (Å²) in [5, 5.41) is 5.39. The summed E-state index contributed by atoms with van der Waals surface area (Å²) in [7, 11) is 2.57. The van der Waals surface area contributed by atoms with Crippen LogP contribution in [0.2, 0.25) is 0 Å². The summed E-state index contributed by atoms with van der Waals surface area (Å²) in [6.07, 6.45) is 3.56. The van der Waals surface area contributed by atoms with Gasteiger partial charge in [0.15, 0.2) is 0 Å². The van der Waals surface area contributed by atoms with E-state index in [1.54, 1.807) is 11.2 Å². The second-order valence-corrected chi connectivity index (χ2v) is 14.4. The number of methoxy groups -OCH3 is 2. The minimum absolute atomic E-state index is 0.120. The van der Waals surface area contributed by atoms with Crippen LogP contribution in [0.4, 0.5) is 9.59 Å². The maximum Gasteiger partial charge on any atom is 0.407 e. The van der Waals surface area contributed by atoms with Gasteiger partial charge in [-0.3, -0.25) is 9.59 Å². The molecule has 2 aliphatic heterocycles. The van der Waals surface area contributed by atoms with Crippen molar-refractivity contribution in [2.75, 3.05) is 27.3 Å². The molecule has 4 atom stereocenters. The highest BCUT2D eigenvalue weighted by Crippen LogP contribution is 2.37. The molecule has 0 aliphatic carbocycles. The lowest BCUT2D eigenvalue weighted by Gasteiger charge is -2.30. The number of amides is 4. The van der Waals surface area contributed by atoms with E-state index in [0.29, 0.717) is 18.9 Å². The molecule has 2 aliphatic rings. The molecule has 2 aromatic carbocycles. The molecule has 4 aromatic rings. The van der Waals surface area contributed by atoms with E-state index in [4.69, 9.17) is 14.5 Å². The molecule has 54 heavy (non-hydrogen) atoms.